The number of hydrogen-bond acceptors (Lipinski definition) is 4. The van der Waals surface area contributed by atoms with Gasteiger partial charge in [0.1, 0.15) is 11.1 Å². The molecule has 6 heteroatoms. The first kappa shape index (κ1) is 10.9. The molecule has 0 saturated heterocycles. The van der Waals surface area contributed by atoms with E-state index >= 15 is 0 Å². The van der Waals surface area contributed by atoms with E-state index in [-0.39, 0.29) is 10.7 Å². The second-order valence-corrected chi connectivity index (χ2v) is 3.15. The van der Waals surface area contributed by atoms with Gasteiger partial charge >= 0.3 is 0 Å². The van der Waals surface area contributed by atoms with Crippen LogP contribution in [0.5, 0.6) is 0 Å². The van der Waals surface area contributed by atoms with E-state index in [1.165, 1.54) is 12.1 Å². The average molecular weight is 217 g/mol. The molecule has 0 aromatic heterocycles. The highest BCUT2D eigenvalue weighted by Gasteiger charge is 2.15. The lowest BCUT2D eigenvalue weighted by molar-refractivity contribution is -0.384. The Labute approximate surface area is 85.5 Å². The van der Waals surface area contributed by atoms with Crippen molar-refractivity contribution in [1.29, 1.82) is 0 Å². The molecule has 1 atom stereocenters. The van der Waals surface area contributed by atoms with Gasteiger partial charge in [0.05, 0.1) is 4.92 Å². The number of nitrogens with two attached hydrogens (primary N) is 1. The molecular weight excluding hydrogens is 208 g/mol. The summed E-state index contributed by atoms with van der Waals surface area (Å²) in [6, 6.07) is 4.43. The molecule has 14 heavy (non-hydrogen) atoms. The molecule has 1 aromatic carbocycles. The fraction of sp³-hybridized carbons (Fsp3) is 0.250. The fourth-order valence-electron chi connectivity index (χ4n) is 1.00. The summed E-state index contributed by atoms with van der Waals surface area (Å²) in [5.41, 5.74) is 0.469. The summed E-state index contributed by atoms with van der Waals surface area (Å²) < 4.78 is 0. The second kappa shape index (κ2) is 4.36. The van der Waals surface area contributed by atoms with Crippen molar-refractivity contribution in [2.45, 2.75) is 13.0 Å². The lowest BCUT2D eigenvalue weighted by Crippen LogP contribution is -2.05. The maximum absolute atomic E-state index is 10.5. The molecule has 0 amide bonds. The lowest BCUT2D eigenvalue weighted by Gasteiger charge is -2.08. The molecule has 1 rings (SSSR count). The third-order valence-electron chi connectivity index (χ3n) is 1.84. The Morgan fingerprint density at radius 1 is 1.64 bits per heavy atom. The molecule has 0 saturated carbocycles. The van der Waals surface area contributed by atoms with Gasteiger partial charge in [-0.2, -0.15) is 0 Å². The fourth-order valence-corrected chi connectivity index (χ4v) is 1.19. The zero-order valence-electron chi connectivity index (χ0n) is 7.44. The molecule has 0 fully saturated rings. The van der Waals surface area contributed by atoms with E-state index in [0.717, 1.165) is 0 Å². The molecule has 76 valence electrons. The van der Waals surface area contributed by atoms with E-state index in [0.29, 0.717) is 5.56 Å². The average Bonchev–Trinajstić information content (AvgIpc) is 2.17. The van der Waals surface area contributed by atoms with Crippen LogP contribution >= 0.6 is 11.6 Å². The standard InChI is InChI=1S/C8H9ClN2O3/c1-5(14-10)6-2-3-7(9)8(4-6)11(12)13/h2-5H,10H2,1H3. The number of halogens is 1. The van der Waals surface area contributed by atoms with Crippen molar-refractivity contribution in [2.75, 3.05) is 0 Å². The Morgan fingerprint density at radius 2 is 2.29 bits per heavy atom. The Morgan fingerprint density at radius 3 is 2.79 bits per heavy atom. The van der Waals surface area contributed by atoms with Crippen LogP contribution in [0.4, 0.5) is 5.69 Å². The highest BCUT2D eigenvalue weighted by molar-refractivity contribution is 6.32. The van der Waals surface area contributed by atoms with E-state index in [1.807, 2.05) is 0 Å². The molecule has 0 bridgehead atoms. The zero-order valence-corrected chi connectivity index (χ0v) is 8.19. The topological polar surface area (TPSA) is 78.4 Å². The minimum atomic E-state index is -0.547. The number of nitro groups is 1. The molecule has 0 aliphatic carbocycles. The Balaban J connectivity index is 3.12. The van der Waals surface area contributed by atoms with Gasteiger partial charge in [0, 0.05) is 6.07 Å². The van der Waals surface area contributed by atoms with Crippen molar-refractivity contribution >= 4 is 17.3 Å². The van der Waals surface area contributed by atoms with Gasteiger partial charge < -0.3 is 0 Å². The predicted octanol–water partition coefficient (Wildman–Crippen LogP) is 2.20. The number of nitro benzene ring substituents is 1. The molecular formula is C8H9ClN2O3. The number of hydrogen-bond donors (Lipinski definition) is 1. The number of rotatable bonds is 3. The summed E-state index contributed by atoms with van der Waals surface area (Å²) >= 11 is 5.63. The van der Waals surface area contributed by atoms with Crippen molar-refractivity contribution in [2.24, 2.45) is 5.90 Å². The van der Waals surface area contributed by atoms with Crippen LogP contribution in [0.15, 0.2) is 18.2 Å². The summed E-state index contributed by atoms with van der Waals surface area (Å²) in [4.78, 5) is 14.5. The summed E-state index contributed by atoms with van der Waals surface area (Å²) in [5.74, 6) is 4.97. The van der Waals surface area contributed by atoms with Gasteiger partial charge in [0.25, 0.3) is 5.69 Å². The van der Waals surface area contributed by atoms with Gasteiger partial charge in [0.2, 0.25) is 0 Å². The van der Waals surface area contributed by atoms with Gasteiger partial charge in [-0.3, -0.25) is 15.0 Å². The molecule has 1 aromatic rings. The SMILES string of the molecule is CC(ON)c1ccc(Cl)c([N+](=O)[O-])c1. The summed E-state index contributed by atoms with van der Waals surface area (Å²) in [7, 11) is 0. The molecule has 0 spiro atoms. The smallest absolute Gasteiger partial charge is 0.288 e. The van der Waals surface area contributed by atoms with E-state index in [4.69, 9.17) is 17.5 Å². The summed E-state index contributed by atoms with van der Waals surface area (Å²) in [5, 5.41) is 10.6. The Bertz CT molecular complexity index is 356. The third kappa shape index (κ3) is 2.20. The quantitative estimate of drug-likeness (QED) is 0.621. The minimum Gasteiger partial charge on any atom is -0.297 e. The predicted molar refractivity (Wildman–Crippen MR) is 51.8 cm³/mol. The van der Waals surface area contributed by atoms with Crippen molar-refractivity contribution in [3.8, 4) is 0 Å². The first-order valence-electron chi connectivity index (χ1n) is 3.85. The van der Waals surface area contributed by atoms with Gasteiger partial charge in [-0.1, -0.05) is 17.7 Å². The van der Waals surface area contributed by atoms with E-state index in [1.54, 1.807) is 13.0 Å². The molecule has 1 unspecified atom stereocenters. The number of benzene rings is 1. The molecule has 5 nitrogen and oxygen atoms in total. The van der Waals surface area contributed by atoms with Crippen LogP contribution in [-0.4, -0.2) is 4.92 Å². The summed E-state index contributed by atoms with van der Waals surface area (Å²) in [6.45, 7) is 1.69. The van der Waals surface area contributed by atoms with Crippen molar-refractivity contribution in [3.63, 3.8) is 0 Å². The van der Waals surface area contributed by atoms with Gasteiger partial charge in [-0.25, -0.2) is 5.90 Å². The second-order valence-electron chi connectivity index (χ2n) is 2.75. The molecule has 0 radical (unpaired) electrons. The first-order chi connectivity index (χ1) is 6.56. The van der Waals surface area contributed by atoms with E-state index in [2.05, 4.69) is 4.84 Å². The zero-order chi connectivity index (χ0) is 10.7. The molecule has 0 aliphatic rings. The number of nitrogens with zero attached hydrogens (tertiary/aromatic N) is 1. The minimum absolute atomic E-state index is 0.1000. The maximum atomic E-state index is 10.5. The van der Waals surface area contributed by atoms with Crippen molar-refractivity contribution in [3.05, 3.63) is 38.9 Å². The normalized spacial score (nSPS) is 12.5. The van der Waals surface area contributed by atoms with Crippen LogP contribution in [0.3, 0.4) is 0 Å². The van der Waals surface area contributed by atoms with Crippen molar-refractivity contribution in [1.82, 2.24) is 0 Å². The van der Waals surface area contributed by atoms with Crippen LogP contribution in [-0.2, 0) is 4.84 Å². The van der Waals surface area contributed by atoms with E-state index in [9.17, 15) is 10.1 Å². The van der Waals surface area contributed by atoms with Gasteiger partial charge in [-0.15, -0.1) is 0 Å². The van der Waals surface area contributed by atoms with Crippen LogP contribution in [0.25, 0.3) is 0 Å². The van der Waals surface area contributed by atoms with E-state index < -0.39 is 11.0 Å². The third-order valence-corrected chi connectivity index (χ3v) is 2.16. The van der Waals surface area contributed by atoms with Gasteiger partial charge in [-0.05, 0) is 18.6 Å². The lowest BCUT2D eigenvalue weighted by atomic mass is 10.1. The molecule has 0 aliphatic heterocycles. The largest absolute Gasteiger partial charge is 0.297 e. The molecule has 2 N–H and O–H groups in total. The maximum Gasteiger partial charge on any atom is 0.288 e. The Hall–Kier alpha value is -1.17. The Kier molecular flexibility index (Phi) is 3.40. The summed E-state index contributed by atoms with van der Waals surface area (Å²) in [6.07, 6.45) is -0.397. The van der Waals surface area contributed by atoms with Crippen LogP contribution in [0.1, 0.15) is 18.6 Å². The monoisotopic (exact) mass is 216 g/mol. The van der Waals surface area contributed by atoms with Gasteiger partial charge in [0.15, 0.2) is 0 Å². The van der Waals surface area contributed by atoms with Crippen LogP contribution in [0, 0.1) is 10.1 Å². The van der Waals surface area contributed by atoms with Crippen LogP contribution in [0.2, 0.25) is 5.02 Å². The van der Waals surface area contributed by atoms with Crippen LogP contribution < -0.4 is 5.90 Å². The van der Waals surface area contributed by atoms with Crippen molar-refractivity contribution < 1.29 is 9.76 Å². The highest BCUT2D eigenvalue weighted by Crippen LogP contribution is 2.28. The molecule has 0 heterocycles. The first-order valence-corrected chi connectivity index (χ1v) is 4.23. The highest BCUT2D eigenvalue weighted by atomic mass is 35.5.